The molecule has 0 amide bonds. The van der Waals surface area contributed by atoms with E-state index in [-0.39, 0.29) is 5.92 Å². The summed E-state index contributed by atoms with van der Waals surface area (Å²) in [6.45, 7) is 0.499. The molecule has 0 saturated heterocycles. The summed E-state index contributed by atoms with van der Waals surface area (Å²) >= 11 is 12.2. The molecule has 3 rings (SSSR count). The first-order valence-corrected chi connectivity index (χ1v) is 7.25. The molecule has 1 N–H and O–H groups in total. The van der Waals surface area contributed by atoms with Gasteiger partial charge in [-0.3, -0.25) is 0 Å². The van der Waals surface area contributed by atoms with Gasteiger partial charge in [0.2, 0.25) is 0 Å². The van der Waals surface area contributed by atoms with Crippen molar-refractivity contribution in [2.45, 2.75) is 18.4 Å². The summed E-state index contributed by atoms with van der Waals surface area (Å²) in [5.74, 6) is 0.829. The van der Waals surface area contributed by atoms with Gasteiger partial charge in [-0.2, -0.15) is 0 Å². The number of aliphatic hydroxyl groups excluding tert-OH is 1. The van der Waals surface area contributed by atoms with Gasteiger partial charge in [0.1, 0.15) is 5.75 Å². The number of aliphatic hydroxyl groups is 1. The fourth-order valence-electron chi connectivity index (χ4n) is 2.58. The molecular weight excluding hydrogens is 295 g/mol. The predicted octanol–water partition coefficient (Wildman–Crippen LogP) is 4.07. The molecule has 0 bridgehead atoms. The van der Waals surface area contributed by atoms with E-state index in [1.54, 1.807) is 6.07 Å². The second kappa shape index (κ2) is 5.65. The number of fused-ring (bicyclic) bond motifs is 1. The molecule has 2 aromatic carbocycles. The number of halogens is 2. The topological polar surface area (TPSA) is 29.5 Å². The molecule has 1 heterocycles. The molecule has 0 aromatic heterocycles. The van der Waals surface area contributed by atoms with Crippen LogP contribution in [0.4, 0.5) is 0 Å². The van der Waals surface area contributed by atoms with Gasteiger partial charge < -0.3 is 9.84 Å². The van der Waals surface area contributed by atoms with Gasteiger partial charge in [-0.1, -0.05) is 53.5 Å². The Morgan fingerprint density at radius 3 is 2.80 bits per heavy atom. The van der Waals surface area contributed by atoms with Crippen molar-refractivity contribution in [3.05, 3.63) is 63.6 Å². The second-order valence-electron chi connectivity index (χ2n) is 4.94. The maximum Gasteiger partial charge on any atom is 0.123 e. The molecule has 1 aliphatic heterocycles. The standard InChI is InChI=1S/C16H14Cl2O2/c17-13-6-3-4-10(16(13)18)8-14(19)12-9-20-15-7-2-1-5-11(12)15/h1-7,12,14,19H,8-9H2. The average Bonchev–Trinajstić information content (AvgIpc) is 2.88. The molecule has 0 aliphatic carbocycles. The van der Waals surface area contributed by atoms with Crippen LogP contribution in [0.2, 0.25) is 10.0 Å². The first kappa shape index (κ1) is 13.7. The summed E-state index contributed by atoms with van der Waals surface area (Å²) in [7, 11) is 0. The maximum atomic E-state index is 10.5. The Labute approximate surface area is 127 Å². The van der Waals surface area contributed by atoms with Crippen molar-refractivity contribution >= 4 is 23.2 Å². The lowest BCUT2D eigenvalue weighted by Gasteiger charge is -2.18. The van der Waals surface area contributed by atoms with Crippen LogP contribution >= 0.6 is 23.2 Å². The Morgan fingerprint density at radius 1 is 1.15 bits per heavy atom. The van der Waals surface area contributed by atoms with E-state index in [0.29, 0.717) is 23.1 Å². The van der Waals surface area contributed by atoms with Crippen LogP contribution in [0.5, 0.6) is 5.75 Å². The van der Waals surface area contributed by atoms with Crippen LogP contribution in [0.15, 0.2) is 42.5 Å². The minimum Gasteiger partial charge on any atom is -0.493 e. The zero-order chi connectivity index (χ0) is 14.1. The van der Waals surface area contributed by atoms with Crippen LogP contribution < -0.4 is 4.74 Å². The third-order valence-corrected chi connectivity index (χ3v) is 4.52. The van der Waals surface area contributed by atoms with E-state index in [2.05, 4.69) is 0 Å². The summed E-state index contributed by atoms with van der Waals surface area (Å²) in [5, 5.41) is 11.5. The van der Waals surface area contributed by atoms with Crippen molar-refractivity contribution in [3.8, 4) is 5.75 Å². The van der Waals surface area contributed by atoms with E-state index >= 15 is 0 Å². The Morgan fingerprint density at radius 2 is 1.95 bits per heavy atom. The van der Waals surface area contributed by atoms with E-state index in [0.717, 1.165) is 16.9 Å². The fourth-order valence-corrected chi connectivity index (χ4v) is 2.98. The highest BCUT2D eigenvalue weighted by Crippen LogP contribution is 2.37. The third-order valence-electron chi connectivity index (χ3n) is 3.66. The summed E-state index contributed by atoms with van der Waals surface area (Å²) in [5.41, 5.74) is 1.91. The molecule has 0 saturated carbocycles. The number of benzene rings is 2. The van der Waals surface area contributed by atoms with Crippen molar-refractivity contribution in [2.24, 2.45) is 0 Å². The number of para-hydroxylation sites is 1. The molecule has 20 heavy (non-hydrogen) atoms. The first-order valence-electron chi connectivity index (χ1n) is 6.49. The fraction of sp³-hybridized carbons (Fsp3) is 0.250. The molecule has 0 fully saturated rings. The predicted molar refractivity (Wildman–Crippen MR) is 80.9 cm³/mol. The lowest BCUT2D eigenvalue weighted by molar-refractivity contribution is 0.129. The monoisotopic (exact) mass is 308 g/mol. The number of hydrogen-bond acceptors (Lipinski definition) is 2. The van der Waals surface area contributed by atoms with Crippen molar-refractivity contribution in [2.75, 3.05) is 6.61 Å². The van der Waals surface area contributed by atoms with Gasteiger partial charge in [0.15, 0.2) is 0 Å². The summed E-state index contributed by atoms with van der Waals surface area (Å²) in [4.78, 5) is 0. The lowest BCUT2D eigenvalue weighted by atomic mass is 9.91. The van der Waals surface area contributed by atoms with Gasteiger partial charge in [0.25, 0.3) is 0 Å². The maximum absolute atomic E-state index is 10.5. The SMILES string of the molecule is OC(Cc1cccc(Cl)c1Cl)C1COc2ccccc21. The molecule has 0 radical (unpaired) electrons. The molecule has 0 spiro atoms. The number of rotatable bonds is 3. The smallest absolute Gasteiger partial charge is 0.123 e. The van der Waals surface area contributed by atoms with Crippen molar-refractivity contribution in [1.82, 2.24) is 0 Å². The number of hydrogen-bond donors (Lipinski definition) is 1. The van der Waals surface area contributed by atoms with Crippen molar-refractivity contribution < 1.29 is 9.84 Å². The highest BCUT2D eigenvalue weighted by Gasteiger charge is 2.30. The zero-order valence-electron chi connectivity index (χ0n) is 10.7. The minimum absolute atomic E-state index is 0.0266. The largest absolute Gasteiger partial charge is 0.493 e. The summed E-state index contributed by atoms with van der Waals surface area (Å²) < 4.78 is 5.60. The molecule has 104 valence electrons. The molecule has 4 heteroatoms. The molecule has 2 aromatic rings. The van der Waals surface area contributed by atoms with Gasteiger partial charge >= 0.3 is 0 Å². The summed E-state index contributed by atoms with van der Waals surface area (Å²) in [6, 6.07) is 13.3. The van der Waals surface area contributed by atoms with Crippen LogP contribution in [-0.2, 0) is 6.42 Å². The van der Waals surface area contributed by atoms with Crippen LogP contribution in [0.25, 0.3) is 0 Å². The Bertz CT molecular complexity index is 628. The van der Waals surface area contributed by atoms with Crippen LogP contribution in [0, 0.1) is 0 Å². The van der Waals surface area contributed by atoms with Crippen LogP contribution in [0.1, 0.15) is 17.0 Å². The zero-order valence-corrected chi connectivity index (χ0v) is 12.2. The molecular formula is C16H14Cl2O2. The molecule has 1 aliphatic rings. The van der Waals surface area contributed by atoms with E-state index < -0.39 is 6.10 Å². The van der Waals surface area contributed by atoms with Gasteiger partial charge in [0, 0.05) is 17.9 Å². The van der Waals surface area contributed by atoms with E-state index in [1.165, 1.54) is 0 Å². The van der Waals surface area contributed by atoms with Gasteiger partial charge in [0.05, 0.1) is 22.8 Å². The Kier molecular flexibility index (Phi) is 3.88. The van der Waals surface area contributed by atoms with E-state index in [4.69, 9.17) is 27.9 Å². The van der Waals surface area contributed by atoms with Crippen molar-refractivity contribution in [1.29, 1.82) is 0 Å². The van der Waals surface area contributed by atoms with Crippen LogP contribution in [-0.4, -0.2) is 17.8 Å². The van der Waals surface area contributed by atoms with Gasteiger partial charge in [-0.15, -0.1) is 0 Å². The second-order valence-corrected chi connectivity index (χ2v) is 5.72. The highest BCUT2D eigenvalue weighted by atomic mass is 35.5. The van der Waals surface area contributed by atoms with Gasteiger partial charge in [-0.05, 0) is 17.7 Å². The summed E-state index contributed by atoms with van der Waals surface area (Å²) in [6.07, 6.45) is -0.0866. The molecule has 2 nitrogen and oxygen atoms in total. The Hall–Kier alpha value is -1.22. The van der Waals surface area contributed by atoms with Crippen LogP contribution in [0.3, 0.4) is 0 Å². The van der Waals surface area contributed by atoms with Crippen molar-refractivity contribution in [3.63, 3.8) is 0 Å². The third kappa shape index (κ3) is 2.51. The quantitative estimate of drug-likeness (QED) is 0.926. The highest BCUT2D eigenvalue weighted by molar-refractivity contribution is 6.42. The van der Waals surface area contributed by atoms with E-state index in [1.807, 2.05) is 36.4 Å². The minimum atomic E-state index is -0.547. The number of ether oxygens (including phenoxy) is 1. The lowest BCUT2D eigenvalue weighted by Crippen LogP contribution is -2.22. The van der Waals surface area contributed by atoms with E-state index in [9.17, 15) is 5.11 Å². The average molecular weight is 309 g/mol. The normalized spacial score (nSPS) is 18.4. The molecule has 2 atom stereocenters. The Balaban J connectivity index is 1.81. The first-order chi connectivity index (χ1) is 9.66. The molecule has 2 unspecified atom stereocenters. The van der Waals surface area contributed by atoms with Gasteiger partial charge in [-0.25, -0.2) is 0 Å².